The van der Waals surface area contributed by atoms with Crippen LogP contribution in [-0.2, 0) is 23.8 Å². The Bertz CT molecular complexity index is 1200. The van der Waals surface area contributed by atoms with Gasteiger partial charge in [-0.1, -0.05) is 18.2 Å². The predicted molar refractivity (Wildman–Crippen MR) is 121 cm³/mol. The average molecular weight is 517 g/mol. The number of aromatic hydroxyl groups is 1. The number of nitrogens with one attached hydrogen (secondary N) is 1. The second-order valence-corrected chi connectivity index (χ2v) is 7.47. The lowest BCUT2D eigenvalue weighted by Gasteiger charge is -2.25. The van der Waals surface area contributed by atoms with Crippen LogP contribution in [-0.4, -0.2) is 73.6 Å². The number of nitrogens with two attached hydrogens (primary N) is 1. The number of phenolic OH excluding ortho intramolecular Hbond substituents is 1. The molecule has 2 unspecified atom stereocenters. The van der Waals surface area contributed by atoms with Gasteiger partial charge in [-0.2, -0.15) is 0 Å². The van der Waals surface area contributed by atoms with E-state index in [-0.39, 0.29) is 30.4 Å². The van der Waals surface area contributed by atoms with E-state index in [4.69, 9.17) is 19.9 Å². The lowest BCUT2D eigenvalue weighted by atomic mass is 10.1. The Morgan fingerprint density at radius 1 is 1.03 bits per heavy atom. The second kappa shape index (κ2) is 11.7. The van der Waals surface area contributed by atoms with Crippen LogP contribution >= 0.6 is 0 Å². The number of benzene rings is 2. The van der Waals surface area contributed by atoms with Gasteiger partial charge in [0, 0.05) is 0 Å². The van der Waals surface area contributed by atoms with Crippen LogP contribution in [0.5, 0.6) is 17.2 Å². The molecule has 2 atom stereocenters. The van der Waals surface area contributed by atoms with Crippen molar-refractivity contribution in [2.75, 3.05) is 27.6 Å². The molecule has 0 saturated carbocycles. The molecule has 37 heavy (non-hydrogen) atoms. The number of ether oxygens (including phenoxy) is 5. The summed E-state index contributed by atoms with van der Waals surface area (Å²) in [6.45, 7) is -0.540. The molecule has 14 nitrogen and oxygen atoms in total. The van der Waals surface area contributed by atoms with Crippen molar-refractivity contribution >= 4 is 30.0 Å². The highest BCUT2D eigenvalue weighted by molar-refractivity contribution is 6.01. The maximum absolute atomic E-state index is 13.4. The molecule has 0 aliphatic carbocycles. The molecular weight excluding hydrogens is 494 g/mol. The number of methoxy groups -OCH3 is 2. The second-order valence-electron chi connectivity index (χ2n) is 7.47. The number of carbonyl (C=O) groups excluding carboxylic acids is 5. The molecule has 4 N–H and O–H groups in total. The fourth-order valence-corrected chi connectivity index (χ4v) is 3.37. The Labute approximate surface area is 209 Å². The maximum atomic E-state index is 13.4. The largest absolute Gasteiger partial charge is 0.513 e. The van der Waals surface area contributed by atoms with Crippen LogP contribution in [0.15, 0.2) is 42.5 Å². The van der Waals surface area contributed by atoms with Crippen molar-refractivity contribution in [2.24, 2.45) is 5.73 Å². The van der Waals surface area contributed by atoms with Crippen LogP contribution < -0.4 is 20.5 Å². The van der Waals surface area contributed by atoms with Crippen LogP contribution in [0.25, 0.3) is 0 Å². The Morgan fingerprint density at radius 2 is 1.68 bits per heavy atom. The first-order valence-corrected chi connectivity index (χ1v) is 10.6. The third kappa shape index (κ3) is 6.24. The van der Waals surface area contributed by atoms with E-state index in [2.05, 4.69) is 14.8 Å². The quantitative estimate of drug-likeness (QED) is 0.348. The number of hydrogen-bond acceptors (Lipinski definition) is 11. The van der Waals surface area contributed by atoms with Crippen LogP contribution in [0.3, 0.4) is 0 Å². The molecule has 1 aliphatic heterocycles. The molecule has 0 radical (unpaired) electrons. The van der Waals surface area contributed by atoms with Crippen LogP contribution in [0, 0.1) is 0 Å². The molecule has 3 rings (SSSR count). The molecular formula is C23H23N3O11. The van der Waals surface area contributed by atoms with Gasteiger partial charge >= 0.3 is 12.3 Å². The first-order chi connectivity index (χ1) is 17.7. The number of para-hydroxylation sites is 1. The van der Waals surface area contributed by atoms with Gasteiger partial charge in [0.1, 0.15) is 24.6 Å². The first-order valence-electron chi connectivity index (χ1n) is 10.6. The van der Waals surface area contributed by atoms with E-state index >= 15 is 0 Å². The van der Waals surface area contributed by atoms with Gasteiger partial charge in [0.25, 0.3) is 5.91 Å². The summed E-state index contributed by atoms with van der Waals surface area (Å²) in [5.41, 5.74) is 5.49. The number of primary amides is 1. The van der Waals surface area contributed by atoms with E-state index in [9.17, 15) is 29.1 Å². The Kier molecular flexibility index (Phi) is 8.47. The van der Waals surface area contributed by atoms with Crippen molar-refractivity contribution in [3.63, 3.8) is 0 Å². The Balaban J connectivity index is 1.89. The standard InChI is InChI=1S/C23H23N3O11/c1-33-22(31)36-16-5-3-4-14(18(16)37-23(32)34-2)21(30)26-11-35-10-15(26)20(29)25-17(19(24)28)12-6-8-13(27)9-7-12/h3-9,15,17,27H,10-11H2,1-2H3,(H2,24,28)(H,25,29). The molecule has 0 aromatic heterocycles. The molecule has 14 heteroatoms. The van der Waals surface area contributed by atoms with Gasteiger partial charge < -0.3 is 44.7 Å². The van der Waals surface area contributed by atoms with Gasteiger partial charge in [0.05, 0.1) is 26.4 Å². The zero-order chi connectivity index (χ0) is 27.1. The Hall–Kier alpha value is -4.85. The first kappa shape index (κ1) is 26.7. The smallest absolute Gasteiger partial charge is 0.508 e. The molecule has 196 valence electrons. The Morgan fingerprint density at radius 3 is 2.30 bits per heavy atom. The van der Waals surface area contributed by atoms with E-state index in [0.29, 0.717) is 5.56 Å². The lowest BCUT2D eigenvalue weighted by molar-refractivity contribution is -0.129. The van der Waals surface area contributed by atoms with E-state index in [1.54, 1.807) is 0 Å². The summed E-state index contributed by atoms with van der Waals surface area (Å²) in [7, 11) is 2.09. The molecule has 0 spiro atoms. The maximum Gasteiger partial charge on any atom is 0.513 e. The number of rotatable bonds is 7. The monoisotopic (exact) mass is 517 g/mol. The topological polar surface area (TPSA) is 193 Å². The normalized spacial score (nSPS) is 15.3. The summed E-state index contributed by atoms with van der Waals surface area (Å²) in [6.07, 6.45) is -2.35. The number of hydrogen-bond donors (Lipinski definition) is 3. The highest BCUT2D eigenvalue weighted by Gasteiger charge is 2.39. The molecule has 1 saturated heterocycles. The van der Waals surface area contributed by atoms with Crippen molar-refractivity contribution in [3.8, 4) is 17.2 Å². The van der Waals surface area contributed by atoms with Crippen LogP contribution in [0.1, 0.15) is 22.0 Å². The van der Waals surface area contributed by atoms with Crippen molar-refractivity contribution in [1.82, 2.24) is 10.2 Å². The lowest BCUT2D eigenvalue weighted by Crippen LogP contribution is -2.50. The van der Waals surface area contributed by atoms with Crippen molar-refractivity contribution < 1.29 is 52.8 Å². The average Bonchev–Trinajstić information content (AvgIpc) is 3.38. The van der Waals surface area contributed by atoms with E-state index in [1.807, 2.05) is 0 Å². The third-order valence-electron chi connectivity index (χ3n) is 5.16. The van der Waals surface area contributed by atoms with Gasteiger partial charge in [0.15, 0.2) is 11.5 Å². The minimum atomic E-state index is -1.26. The molecule has 3 amide bonds. The number of phenols is 1. The van der Waals surface area contributed by atoms with Gasteiger partial charge in [-0.3, -0.25) is 14.4 Å². The van der Waals surface area contributed by atoms with Gasteiger partial charge in [-0.15, -0.1) is 0 Å². The van der Waals surface area contributed by atoms with E-state index in [0.717, 1.165) is 19.1 Å². The highest BCUT2D eigenvalue weighted by Crippen LogP contribution is 2.34. The molecule has 1 aliphatic rings. The SMILES string of the molecule is COC(=O)Oc1cccc(C(=O)N2COCC2C(=O)NC(C(N)=O)c2ccc(O)cc2)c1OC(=O)OC. The number of nitrogens with zero attached hydrogens (tertiary/aromatic N) is 1. The minimum absolute atomic E-state index is 0.0531. The summed E-state index contributed by atoms with van der Waals surface area (Å²) in [6, 6.07) is 6.83. The highest BCUT2D eigenvalue weighted by atomic mass is 16.7. The van der Waals surface area contributed by atoms with Gasteiger partial charge in [-0.05, 0) is 29.8 Å². The fourth-order valence-electron chi connectivity index (χ4n) is 3.37. The van der Waals surface area contributed by atoms with Crippen LogP contribution in [0.4, 0.5) is 9.59 Å². The van der Waals surface area contributed by atoms with Gasteiger partial charge in [0.2, 0.25) is 11.8 Å². The van der Waals surface area contributed by atoms with Crippen LogP contribution in [0.2, 0.25) is 0 Å². The molecule has 1 fully saturated rings. The van der Waals surface area contributed by atoms with Crippen molar-refractivity contribution in [3.05, 3.63) is 53.6 Å². The summed E-state index contributed by atoms with van der Waals surface area (Å²) < 4.78 is 24.2. The molecule has 1 heterocycles. The predicted octanol–water partition coefficient (Wildman–Crippen LogP) is 0.824. The third-order valence-corrected chi connectivity index (χ3v) is 5.16. The van der Waals surface area contributed by atoms with Crippen molar-refractivity contribution in [1.29, 1.82) is 0 Å². The van der Waals surface area contributed by atoms with E-state index in [1.165, 1.54) is 42.5 Å². The van der Waals surface area contributed by atoms with Crippen molar-refractivity contribution in [2.45, 2.75) is 12.1 Å². The molecule has 2 aromatic carbocycles. The van der Waals surface area contributed by atoms with Gasteiger partial charge in [-0.25, -0.2) is 9.59 Å². The minimum Gasteiger partial charge on any atom is -0.508 e. The molecule has 0 bridgehead atoms. The molecule has 2 aromatic rings. The summed E-state index contributed by atoms with van der Waals surface area (Å²) in [5.74, 6) is -3.31. The van der Waals surface area contributed by atoms with E-state index < -0.39 is 47.9 Å². The zero-order valence-electron chi connectivity index (χ0n) is 19.7. The summed E-state index contributed by atoms with van der Waals surface area (Å²) >= 11 is 0. The number of carbonyl (C=O) groups is 5. The fraction of sp³-hybridized carbons (Fsp3) is 0.261. The summed E-state index contributed by atoms with van der Waals surface area (Å²) in [4.78, 5) is 63.0. The number of amides is 3. The zero-order valence-corrected chi connectivity index (χ0v) is 19.7. The summed E-state index contributed by atoms with van der Waals surface area (Å²) in [5, 5.41) is 11.9.